The molecule has 0 fully saturated rings. The van der Waals surface area contributed by atoms with Crippen molar-refractivity contribution in [2.45, 2.75) is 46.3 Å². The lowest BCUT2D eigenvalue weighted by atomic mass is 10.3. The van der Waals surface area contributed by atoms with E-state index in [0.29, 0.717) is 6.04 Å². The second-order valence-electron chi connectivity index (χ2n) is 4.72. The molecule has 18 heavy (non-hydrogen) atoms. The molecule has 0 saturated heterocycles. The first-order valence-corrected chi connectivity index (χ1v) is 7.16. The van der Waals surface area contributed by atoms with Crippen LogP contribution in [-0.4, -0.2) is 20.6 Å². The van der Waals surface area contributed by atoms with Crippen LogP contribution in [0.5, 0.6) is 0 Å². The van der Waals surface area contributed by atoms with Crippen LogP contribution in [0.1, 0.15) is 30.2 Å². The van der Waals surface area contributed by atoms with Crippen molar-refractivity contribution < 1.29 is 0 Å². The summed E-state index contributed by atoms with van der Waals surface area (Å²) in [4.78, 5) is 8.71. The Morgan fingerprint density at radius 2 is 2.28 bits per heavy atom. The van der Waals surface area contributed by atoms with E-state index in [1.165, 1.54) is 11.4 Å². The van der Waals surface area contributed by atoms with Crippen molar-refractivity contribution in [1.29, 1.82) is 0 Å². The van der Waals surface area contributed by atoms with Crippen molar-refractivity contribution in [3.05, 3.63) is 34.3 Å². The van der Waals surface area contributed by atoms with Gasteiger partial charge in [0.05, 0.1) is 22.7 Å². The third kappa shape index (κ3) is 3.65. The number of rotatable bonds is 6. The SMILES string of the molecule is Cc1nc(CCn2cncc2CNC(C)C)cs1. The maximum Gasteiger partial charge on any atom is 0.0948 e. The molecule has 1 N–H and O–H groups in total. The molecule has 0 aromatic carbocycles. The van der Waals surface area contributed by atoms with Crippen LogP contribution in [-0.2, 0) is 19.5 Å². The number of aromatic nitrogens is 3. The van der Waals surface area contributed by atoms with Gasteiger partial charge in [0.25, 0.3) is 0 Å². The summed E-state index contributed by atoms with van der Waals surface area (Å²) in [5.41, 5.74) is 2.41. The monoisotopic (exact) mass is 264 g/mol. The van der Waals surface area contributed by atoms with E-state index in [-0.39, 0.29) is 0 Å². The molecule has 0 aliphatic heterocycles. The quantitative estimate of drug-likeness (QED) is 0.871. The molecule has 0 radical (unpaired) electrons. The van der Waals surface area contributed by atoms with Gasteiger partial charge in [-0.2, -0.15) is 0 Å². The number of aryl methyl sites for hydroxylation is 3. The van der Waals surface area contributed by atoms with Gasteiger partial charge in [-0.25, -0.2) is 9.97 Å². The molecule has 0 saturated carbocycles. The van der Waals surface area contributed by atoms with Crippen molar-refractivity contribution >= 4 is 11.3 Å². The van der Waals surface area contributed by atoms with E-state index < -0.39 is 0 Å². The number of nitrogens with one attached hydrogen (secondary N) is 1. The Bertz CT molecular complexity index is 487. The summed E-state index contributed by atoms with van der Waals surface area (Å²) < 4.78 is 2.20. The highest BCUT2D eigenvalue weighted by Gasteiger charge is 2.04. The largest absolute Gasteiger partial charge is 0.333 e. The number of hydrogen-bond donors (Lipinski definition) is 1. The van der Waals surface area contributed by atoms with Gasteiger partial charge in [0.1, 0.15) is 0 Å². The number of imidazole rings is 1. The van der Waals surface area contributed by atoms with Crippen LogP contribution in [0, 0.1) is 6.92 Å². The number of nitrogens with zero attached hydrogens (tertiary/aromatic N) is 3. The zero-order valence-corrected chi connectivity index (χ0v) is 12.0. The number of thiazole rings is 1. The highest BCUT2D eigenvalue weighted by Crippen LogP contribution is 2.10. The van der Waals surface area contributed by atoms with Crippen LogP contribution in [0.3, 0.4) is 0 Å². The normalized spacial score (nSPS) is 11.3. The first kappa shape index (κ1) is 13.2. The van der Waals surface area contributed by atoms with Crippen LogP contribution in [0.2, 0.25) is 0 Å². The van der Waals surface area contributed by atoms with Crippen molar-refractivity contribution in [3.63, 3.8) is 0 Å². The van der Waals surface area contributed by atoms with Crippen LogP contribution >= 0.6 is 11.3 Å². The Morgan fingerprint density at radius 1 is 1.44 bits per heavy atom. The maximum absolute atomic E-state index is 4.48. The highest BCUT2D eigenvalue weighted by molar-refractivity contribution is 7.09. The van der Waals surface area contributed by atoms with Crippen molar-refractivity contribution in [1.82, 2.24) is 19.9 Å². The summed E-state index contributed by atoms with van der Waals surface area (Å²) in [6, 6.07) is 0.495. The Balaban J connectivity index is 1.91. The zero-order chi connectivity index (χ0) is 13.0. The fraction of sp³-hybridized carbons (Fsp3) is 0.538. The number of hydrogen-bond acceptors (Lipinski definition) is 4. The van der Waals surface area contributed by atoms with Crippen molar-refractivity contribution in [2.75, 3.05) is 0 Å². The summed E-state index contributed by atoms with van der Waals surface area (Å²) in [5.74, 6) is 0. The average Bonchev–Trinajstić information content (AvgIpc) is 2.92. The second-order valence-corrected chi connectivity index (χ2v) is 5.78. The van der Waals surface area contributed by atoms with Gasteiger partial charge in [0, 0.05) is 37.1 Å². The molecule has 4 nitrogen and oxygen atoms in total. The molecule has 2 aromatic rings. The minimum Gasteiger partial charge on any atom is -0.333 e. The Kier molecular flexibility index (Phi) is 4.49. The molecule has 2 rings (SSSR count). The Morgan fingerprint density at radius 3 is 2.94 bits per heavy atom. The lowest BCUT2D eigenvalue weighted by molar-refractivity contribution is 0.553. The molecular formula is C13H20N4S. The third-order valence-electron chi connectivity index (χ3n) is 2.77. The van der Waals surface area contributed by atoms with Crippen LogP contribution in [0.25, 0.3) is 0 Å². The molecule has 0 unspecified atom stereocenters. The lowest BCUT2D eigenvalue weighted by Crippen LogP contribution is -2.23. The Labute approximate surface area is 112 Å². The van der Waals surface area contributed by atoms with Crippen LogP contribution in [0.4, 0.5) is 0 Å². The lowest BCUT2D eigenvalue weighted by Gasteiger charge is -2.10. The molecule has 0 amide bonds. The molecule has 0 atom stereocenters. The van der Waals surface area contributed by atoms with Gasteiger partial charge in [-0.05, 0) is 6.92 Å². The van der Waals surface area contributed by atoms with Gasteiger partial charge in [0.2, 0.25) is 0 Å². The molecule has 0 spiro atoms. The molecule has 5 heteroatoms. The van der Waals surface area contributed by atoms with Gasteiger partial charge in [-0.1, -0.05) is 13.8 Å². The summed E-state index contributed by atoms with van der Waals surface area (Å²) in [5, 5.41) is 6.69. The second kappa shape index (κ2) is 6.11. The van der Waals surface area contributed by atoms with Gasteiger partial charge >= 0.3 is 0 Å². The standard InChI is InChI=1S/C13H20N4S/c1-10(2)15-7-13-6-14-9-17(13)5-4-12-8-18-11(3)16-12/h6,8-10,15H,4-5,7H2,1-3H3. The van der Waals surface area contributed by atoms with Crippen molar-refractivity contribution in [3.8, 4) is 0 Å². The summed E-state index contributed by atoms with van der Waals surface area (Å²) >= 11 is 1.71. The van der Waals surface area contributed by atoms with E-state index in [1.54, 1.807) is 11.3 Å². The van der Waals surface area contributed by atoms with E-state index >= 15 is 0 Å². The van der Waals surface area contributed by atoms with E-state index in [0.717, 1.165) is 24.5 Å². The predicted octanol–water partition coefficient (Wildman–Crippen LogP) is 2.39. The fourth-order valence-corrected chi connectivity index (χ4v) is 2.41. The van der Waals surface area contributed by atoms with Crippen LogP contribution < -0.4 is 5.32 Å². The van der Waals surface area contributed by atoms with Gasteiger partial charge in [-0.15, -0.1) is 11.3 Å². The molecule has 0 bridgehead atoms. The predicted molar refractivity (Wildman–Crippen MR) is 74.8 cm³/mol. The zero-order valence-electron chi connectivity index (χ0n) is 11.2. The smallest absolute Gasteiger partial charge is 0.0948 e. The van der Waals surface area contributed by atoms with Gasteiger partial charge in [0.15, 0.2) is 0 Å². The molecule has 2 aromatic heterocycles. The topological polar surface area (TPSA) is 42.7 Å². The molecule has 0 aliphatic carbocycles. The molecule has 0 aliphatic rings. The van der Waals surface area contributed by atoms with Crippen molar-refractivity contribution in [2.24, 2.45) is 0 Å². The first-order valence-electron chi connectivity index (χ1n) is 6.28. The molecule has 98 valence electrons. The summed E-state index contributed by atoms with van der Waals surface area (Å²) in [6.07, 6.45) is 4.80. The first-order chi connectivity index (χ1) is 8.65. The van der Waals surface area contributed by atoms with Crippen LogP contribution in [0.15, 0.2) is 17.9 Å². The third-order valence-corrected chi connectivity index (χ3v) is 3.59. The molecular weight excluding hydrogens is 244 g/mol. The van der Waals surface area contributed by atoms with Gasteiger partial charge < -0.3 is 9.88 Å². The minimum absolute atomic E-state index is 0.495. The fourth-order valence-electron chi connectivity index (χ4n) is 1.76. The van der Waals surface area contributed by atoms with E-state index in [1.807, 2.05) is 19.4 Å². The molecule has 2 heterocycles. The average molecular weight is 264 g/mol. The summed E-state index contributed by atoms with van der Waals surface area (Å²) in [7, 11) is 0. The van der Waals surface area contributed by atoms with E-state index in [2.05, 4.69) is 39.1 Å². The van der Waals surface area contributed by atoms with E-state index in [9.17, 15) is 0 Å². The Hall–Kier alpha value is -1.20. The van der Waals surface area contributed by atoms with E-state index in [4.69, 9.17) is 0 Å². The highest BCUT2D eigenvalue weighted by atomic mass is 32.1. The minimum atomic E-state index is 0.495. The van der Waals surface area contributed by atoms with Gasteiger partial charge in [-0.3, -0.25) is 0 Å². The summed E-state index contributed by atoms with van der Waals surface area (Å²) in [6.45, 7) is 8.16. The maximum atomic E-state index is 4.48.